The van der Waals surface area contributed by atoms with Crippen molar-refractivity contribution in [2.45, 2.75) is 76.7 Å². The van der Waals surface area contributed by atoms with Crippen molar-refractivity contribution in [1.82, 2.24) is 47.9 Å². The van der Waals surface area contributed by atoms with Crippen LogP contribution in [0.2, 0.25) is 0 Å². The Balaban J connectivity index is 1.25. The standard InChI is InChI=1S/C32H56N10O6/c1-16(2)23(8-27(43)39-24-13-35-10-19(24)28(33)44)40-31(47)21-12-37-15-26(21)42-32(48)20-11-36-14-25(20)41-29(45)17(3)9-38-30(46)18-6-5-7-22(18)34-4/h16-26,34-37H,5-15H2,1-4H3,(H2,33,44)(H,38,46)(H,39,43)(H,40,47)(H,41,45)(H,42,48)/t17-,18?,19?,20?,21?,22?,23+,24?,25?,26?/m0/s1. The monoisotopic (exact) mass is 676 g/mol. The second-order valence-electron chi connectivity index (χ2n) is 14.2. The van der Waals surface area contributed by atoms with Gasteiger partial charge in [-0.1, -0.05) is 27.2 Å². The molecule has 16 heteroatoms. The number of nitrogens with two attached hydrogens (primary N) is 1. The molecular weight excluding hydrogens is 620 g/mol. The Kier molecular flexibility index (Phi) is 13.6. The smallest absolute Gasteiger partial charge is 0.226 e. The highest BCUT2D eigenvalue weighted by Gasteiger charge is 2.40. The lowest BCUT2D eigenvalue weighted by Gasteiger charge is -2.28. The molecular formula is C32H56N10O6. The molecule has 11 N–H and O–H groups in total. The molecule has 4 aliphatic rings. The number of primary amides is 1. The molecule has 1 aliphatic carbocycles. The summed E-state index contributed by atoms with van der Waals surface area (Å²) in [6.07, 6.45) is 2.82. The molecule has 4 fully saturated rings. The minimum atomic E-state index is -0.551. The van der Waals surface area contributed by atoms with Gasteiger partial charge in [0.15, 0.2) is 0 Å². The molecule has 4 rings (SSSR count). The lowest BCUT2D eigenvalue weighted by molar-refractivity contribution is -0.129. The minimum absolute atomic E-state index is 0.0385. The van der Waals surface area contributed by atoms with Crippen LogP contribution in [-0.2, 0) is 28.8 Å². The van der Waals surface area contributed by atoms with Crippen LogP contribution in [0, 0.1) is 35.5 Å². The quantitative estimate of drug-likeness (QED) is 0.0814. The predicted molar refractivity (Wildman–Crippen MR) is 178 cm³/mol. The maximum atomic E-state index is 13.5. The molecule has 16 nitrogen and oxygen atoms in total. The van der Waals surface area contributed by atoms with E-state index in [9.17, 15) is 28.8 Å². The number of amides is 6. The molecule has 6 amide bonds. The van der Waals surface area contributed by atoms with Crippen molar-refractivity contribution >= 4 is 35.4 Å². The van der Waals surface area contributed by atoms with Crippen LogP contribution in [0.4, 0.5) is 0 Å². The minimum Gasteiger partial charge on any atom is -0.369 e. The van der Waals surface area contributed by atoms with Crippen LogP contribution < -0.4 is 53.6 Å². The third kappa shape index (κ3) is 9.64. The lowest BCUT2D eigenvalue weighted by atomic mass is 9.95. The Morgan fingerprint density at radius 2 is 1.27 bits per heavy atom. The first kappa shape index (κ1) is 37.5. The van der Waals surface area contributed by atoms with Crippen LogP contribution in [0.5, 0.6) is 0 Å². The maximum Gasteiger partial charge on any atom is 0.226 e. The second kappa shape index (κ2) is 17.4. The molecule has 0 spiro atoms. The lowest BCUT2D eigenvalue weighted by Crippen LogP contribution is -2.54. The molecule has 3 heterocycles. The van der Waals surface area contributed by atoms with Gasteiger partial charge >= 0.3 is 0 Å². The van der Waals surface area contributed by atoms with E-state index in [0.29, 0.717) is 39.3 Å². The van der Waals surface area contributed by atoms with E-state index >= 15 is 0 Å². The largest absolute Gasteiger partial charge is 0.369 e. The molecule has 3 aliphatic heterocycles. The van der Waals surface area contributed by atoms with E-state index in [1.807, 2.05) is 20.9 Å². The zero-order chi connectivity index (χ0) is 35.0. The summed E-state index contributed by atoms with van der Waals surface area (Å²) >= 11 is 0. The molecule has 8 unspecified atom stereocenters. The fourth-order valence-electron chi connectivity index (χ4n) is 7.26. The van der Waals surface area contributed by atoms with E-state index < -0.39 is 53.7 Å². The van der Waals surface area contributed by atoms with Crippen molar-refractivity contribution in [3.8, 4) is 0 Å². The Hall–Kier alpha value is -3.34. The van der Waals surface area contributed by atoms with Crippen LogP contribution in [0.1, 0.15) is 46.5 Å². The summed E-state index contributed by atoms with van der Waals surface area (Å²) in [5.41, 5.74) is 5.46. The molecule has 0 bridgehead atoms. The average Bonchev–Trinajstić information content (AvgIpc) is 3.86. The molecule has 270 valence electrons. The molecule has 3 saturated heterocycles. The molecule has 0 radical (unpaired) electrons. The zero-order valence-corrected chi connectivity index (χ0v) is 28.7. The third-order valence-electron chi connectivity index (χ3n) is 10.5. The first-order valence-corrected chi connectivity index (χ1v) is 17.5. The van der Waals surface area contributed by atoms with E-state index in [2.05, 4.69) is 47.9 Å². The second-order valence-corrected chi connectivity index (χ2v) is 14.2. The SMILES string of the molecule is CNC1CCCC1C(=O)NC[C@H](C)C(=O)NC1CNCC1C(=O)NC1CNCC1C(=O)N[C@H](CC(=O)NC1CNCC1C(N)=O)C(C)C. The molecule has 1 saturated carbocycles. The van der Waals surface area contributed by atoms with Gasteiger partial charge in [0.25, 0.3) is 0 Å². The van der Waals surface area contributed by atoms with Crippen molar-refractivity contribution in [3.05, 3.63) is 0 Å². The van der Waals surface area contributed by atoms with Gasteiger partial charge in [-0.05, 0) is 25.8 Å². The van der Waals surface area contributed by atoms with E-state index in [0.717, 1.165) is 19.3 Å². The molecule has 0 aromatic rings. The van der Waals surface area contributed by atoms with Gasteiger partial charge in [0.2, 0.25) is 35.4 Å². The fraction of sp³-hybridized carbons (Fsp3) is 0.812. The van der Waals surface area contributed by atoms with Crippen LogP contribution in [0.3, 0.4) is 0 Å². The summed E-state index contributed by atoms with van der Waals surface area (Å²) < 4.78 is 0. The molecule has 0 aromatic heterocycles. The molecule has 10 atom stereocenters. The van der Waals surface area contributed by atoms with Gasteiger partial charge in [0.05, 0.1) is 47.7 Å². The predicted octanol–water partition coefficient (Wildman–Crippen LogP) is -3.74. The normalized spacial score (nSPS) is 31.2. The van der Waals surface area contributed by atoms with Crippen molar-refractivity contribution in [1.29, 1.82) is 0 Å². The Morgan fingerprint density at radius 3 is 1.88 bits per heavy atom. The van der Waals surface area contributed by atoms with E-state index in [-0.39, 0.29) is 60.4 Å². The first-order chi connectivity index (χ1) is 22.9. The van der Waals surface area contributed by atoms with Gasteiger partial charge in [-0.15, -0.1) is 0 Å². The van der Waals surface area contributed by atoms with Gasteiger partial charge in [-0.25, -0.2) is 0 Å². The van der Waals surface area contributed by atoms with Crippen LogP contribution >= 0.6 is 0 Å². The summed E-state index contributed by atoms with van der Waals surface area (Å²) in [6, 6.07) is -1.60. The van der Waals surface area contributed by atoms with E-state index in [1.54, 1.807) is 6.92 Å². The van der Waals surface area contributed by atoms with E-state index in [4.69, 9.17) is 5.73 Å². The highest BCUT2D eigenvalue weighted by atomic mass is 16.2. The highest BCUT2D eigenvalue weighted by molar-refractivity contribution is 5.86. The van der Waals surface area contributed by atoms with Crippen LogP contribution in [0.15, 0.2) is 0 Å². The summed E-state index contributed by atoms with van der Waals surface area (Å²) in [4.78, 5) is 77.2. The van der Waals surface area contributed by atoms with E-state index in [1.165, 1.54) is 0 Å². The number of hydrogen-bond donors (Lipinski definition) is 10. The summed E-state index contributed by atoms with van der Waals surface area (Å²) in [7, 11) is 1.86. The molecule has 0 aromatic carbocycles. The van der Waals surface area contributed by atoms with Gasteiger partial charge < -0.3 is 53.6 Å². The van der Waals surface area contributed by atoms with Crippen molar-refractivity contribution in [2.75, 3.05) is 52.9 Å². The zero-order valence-electron chi connectivity index (χ0n) is 28.7. The topological polar surface area (TPSA) is 237 Å². The van der Waals surface area contributed by atoms with Crippen LogP contribution in [-0.4, -0.2) is 119 Å². The van der Waals surface area contributed by atoms with Gasteiger partial charge in [0, 0.05) is 64.3 Å². The number of carbonyl (C=O) groups excluding carboxylic acids is 6. The molecule has 48 heavy (non-hydrogen) atoms. The number of hydrogen-bond acceptors (Lipinski definition) is 10. The van der Waals surface area contributed by atoms with Gasteiger partial charge in [-0.3, -0.25) is 28.8 Å². The third-order valence-corrected chi connectivity index (χ3v) is 10.5. The fourth-order valence-corrected chi connectivity index (χ4v) is 7.26. The van der Waals surface area contributed by atoms with Gasteiger partial charge in [-0.2, -0.15) is 0 Å². The number of rotatable bonds is 15. The Labute approximate surface area is 282 Å². The van der Waals surface area contributed by atoms with Crippen molar-refractivity contribution in [2.24, 2.45) is 41.2 Å². The van der Waals surface area contributed by atoms with Crippen molar-refractivity contribution < 1.29 is 28.8 Å². The number of nitrogens with one attached hydrogen (secondary N) is 9. The highest BCUT2D eigenvalue weighted by Crippen LogP contribution is 2.25. The summed E-state index contributed by atoms with van der Waals surface area (Å²) in [5, 5.41) is 27.5. The summed E-state index contributed by atoms with van der Waals surface area (Å²) in [5.74, 6) is -3.75. The summed E-state index contributed by atoms with van der Waals surface area (Å²) in [6.45, 7) is 8.23. The maximum absolute atomic E-state index is 13.5. The van der Waals surface area contributed by atoms with Crippen molar-refractivity contribution in [3.63, 3.8) is 0 Å². The Bertz CT molecular complexity index is 1190. The number of carbonyl (C=O) groups is 6. The average molecular weight is 677 g/mol. The van der Waals surface area contributed by atoms with Crippen LogP contribution in [0.25, 0.3) is 0 Å². The van der Waals surface area contributed by atoms with Gasteiger partial charge in [0.1, 0.15) is 0 Å². The Morgan fingerprint density at radius 1 is 0.688 bits per heavy atom. The first-order valence-electron chi connectivity index (χ1n) is 17.5.